The second-order valence-electron chi connectivity index (χ2n) is 3.86. The smallest absolute Gasteiger partial charge is 0.237 e. The van der Waals surface area contributed by atoms with Gasteiger partial charge in [0.2, 0.25) is 5.88 Å². The average Bonchev–Trinajstić information content (AvgIpc) is 2.86. The van der Waals surface area contributed by atoms with Crippen LogP contribution in [0, 0.1) is 0 Å². The van der Waals surface area contributed by atoms with Crippen molar-refractivity contribution in [3.8, 4) is 5.88 Å². The maximum Gasteiger partial charge on any atom is 0.237 e. The van der Waals surface area contributed by atoms with E-state index in [1.54, 1.807) is 25.6 Å². The summed E-state index contributed by atoms with van der Waals surface area (Å²) in [6.45, 7) is 3.49. The van der Waals surface area contributed by atoms with E-state index in [0.29, 0.717) is 25.1 Å². The van der Waals surface area contributed by atoms with Gasteiger partial charge in [0.15, 0.2) is 4.96 Å². The average molecular weight is 255 g/mol. The quantitative estimate of drug-likeness (QED) is 0.850. The first-order valence-corrected chi connectivity index (χ1v) is 6.35. The number of fused-ring (bicyclic) bond motifs is 1. The van der Waals surface area contributed by atoms with E-state index in [1.807, 2.05) is 11.6 Å². The number of nitrogens with zero attached hydrogens (tertiary/aromatic N) is 2. The van der Waals surface area contributed by atoms with Crippen LogP contribution in [0.15, 0.2) is 11.6 Å². The topological polar surface area (TPSA) is 47.8 Å². The lowest BCUT2D eigenvalue weighted by Crippen LogP contribution is -2.30. The minimum atomic E-state index is 0.300. The second kappa shape index (κ2) is 5.48. The predicted octanol–water partition coefficient (Wildman–Crippen LogP) is 1.53. The highest BCUT2D eigenvalue weighted by atomic mass is 32.1. The summed E-state index contributed by atoms with van der Waals surface area (Å²) in [6.07, 6.45) is 2.01. The molecule has 0 fully saturated rings. The van der Waals surface area contributed by atoms with Crippen LogP contribution in [-0.2, 0) is 11.3 Å². The highest BCUT2D eigenvalue weighted by molar-refractivity contribution is 7.15. The van der Waals surface area contributed by atoms with Crippen LogP contribution < -0.4 is 10.1 Å². The van der Waals surface area contributed by atoms with Crippen molar-refractivity contribution in [2.75, 3.05) is 20.8 Å². The number of imidazole rings is 1. The van der Waals surface area contributed by atoms with Crippen LogP contribution in [-0.4, -0.2) is 36.3 Å². The van der Waals surface area contributed by atoms with Crippen LogP contribution in [0.1, 0.15) is 12.6 Å². The summed E-state index contributed by atoms with van der Waals surface area (Å²) in [7, 11) is 3.35. The van der Waals surface area contributed by atoms with Gasteiger partial charge in [0.1, 0.15) is 5.69 Å². The minimum absolute atomic E-state index is 0.300. The predicted molar refractivity (Wildman–Crippen MR) is 67.8 cm³/mol. The highest BCUT2D eigenvalue weighted by Gasteiger charge is 2.14. The lowest BCUT2D eigenvalue weighted by Gasteiger charge is -2.12. The molecule has 17 heavy (non-hydrogen) atoms. The van der Waals surface area contributed by atoms with E-state index in [2.05, 4.69) is 21.6 Å². The Balaban J connectivity index is 2.13. The lowest BCUT2D eigenvalue weighted by atomic mass is 10.3. The fourth-order valence-electron chi connectivity index (χ4n) is 1.72. The molecule has 5 nitrogen and oxygen atoms in total. The molecule has 0 aliphatic heterocycles. The van der Waals surface area contributed by atoms with Crippen LogP contribution in [0.5, 0.6) is 5.88 Å². The van der Waals surface area contributed by atoms with Gasteiger partial charge in [-0.3, -0.25) is 4.40 Å². The molecular weight excluding hydrogens is 238 g/mol. The fraction of sp³-hybridized carbons (Fsp3) is 0.545. The van der Waals surface area contributed by atoms with Gasteiger partial charge in [0.25, 0.3) is 0 Å². The monoisotopic (exact) mass is 255 g/mol. The number of methoxy groups -OCH3 is 2. The summed E-state index contributed by atoms with van der Waals surface area (Å²) in [5.41, 5.74) is 1.05. The molecule has 0 saturated carbocycles. The number of hydrogen-bond acceptors (Lipinski definition) is 5. The molecule has 94 valence electrons. The SMILES string of the molecule is COCC(C)NCc1c(OC)nc2sccn12. The van der Waals surface area contributed by atoms with Crippen molar-refractivity contribution in [2.24, 2.45) is 0 Å². The van der Waals surface area contributed by atoms with Crippen LogP contribution >= 0.6 is 11.3 Å². The normalized spacial score (nSPS) is 13.1. The lowest BCUT2D eigenvalue weighted by molar-refractivity contribution is 0.171. The Labute approximate surface area is 104 Å². The Morgan fingerprint density at radius 1 is 1.53 bits per heavy atom. The largest absolute Gasteiger partial charge is 0.480 e. The molecule has 0 aromatic carbocycles. The van der Waals surface area contributed by atoms with Gasteiger partial charge in [0, 0.05) is 31.3 Å². The van der Waals surface area contributed by atoms with Crippen molar-refractivity contribution in [3.63, 3.8) is 0 Å². The molecule has 1 unspecified atom stereocenters. The number of hydrogen-bond donors (Lipinski definition) is 1. The summed E-state index contributed by atoms with van der Waals surface area (Å²) in [5.74, 6) is 0.689. The van der Waals surface area contributed by atoms with Crippen LogP contribution in [0.3, 0.4) is 0 Å². The molecule has 2 aromatic heterocycles. The van der Waals surface area contributed by atoms with Crippen LogP contribution in [0.4, 0.5) is 0 Å². The van der Waals surface area contributed by atoms with Crippen molar-refractivity contribution in [1.82, 2.24) is 14.7 Å². The number of rotatable bonds is 6. The van der Waals surface area contributed by atoms with Gasteiger partial charge in [-0.05, 0) is 6.92 Å². The number of ether oxygens (including phenoxy) is 2. The molecule has 0 radical (unpaired) electrons. The second-order valence-corrected chi connectivity index (χ2v) is 4.73. The van der Waals surface area contributed by atoms with E-state index in [-0.39, 0.29) is 0 Å². The van der Waals surface area contributed by atoms with Crippen molar-refractivity contribution < 1.29 is 9.47 Å². The first-order chi connectivity index (χ1) is 8.26. The van der Waals surface area contributed by atoms with Gasteiger partial charge < -0.3 is 14.8 Å². The molecule has 6 heteroatoms. The Kier molecular flexibility index (Phi) is 3.98. The highest BCUT2D eigenvalue weighted by Crippen LogP contribution is 2.22. The molecule has 0 aliphatic rings. The van der Waals surface area contributed by atoms with Gasteiger partial charge in [0.05, 0.1) is 13.7 Å². The molecule has 0 bridgehead atoms. The fourth-order valence-corrected chi connectivity index (χ4v) is 2.44. The number of aromatic nitrogens is 2. The molecule has 2 aromatic rings. The molecule has 0 aliphatic carbocycles. The Hall–Kier alpha value is -1.11. The van der Waals surface area contributed by atoms with Crippen LogP contribution in [0.2, 0.25) is 0 Å². The Morgan fingerprint density at radius 3 is 3.06 bits per heavy atom. The zero-order chi connectivity index (χ0) is 12.3. The van der Waals surface area contributed by atoms with Crippen molar-refractivity contribution >= 4 is 16.3 Å². The van der Waals surface area contributed by atoms with Gasteiger partial charge in [-0.15, -0.1) is 11.3 Å². The zero-order valence-electron chi connectivity index (χ0n) is 10.3. The summed E-state index contributed by atoms with van der Waals surface area (Å²) < 4.78 is 12.4. The molecule has 0 saturated heterocycles. The summed E-state index contributed by atoms with van der Waals surface area (Å²) >= 11 is 1.60. The van der Waals surface area contributed by atoms with E-state index in [1.165, 1.54) is 0 Å². The van der Waals surface area contributed by atoms with E-state index in [4.69, 9.17) is 9.47 Å². The molecular formula is C11H17N3O2S. The van der Waals surface area contributed by atoms with Crippen molar-refractivity contribution in [1.29, 1.82) is 0 Å². The van der Waals surface area contributed by atoms with Crippen molar-refractivity contribution in [3.05, 3.63) is 17.3 Å². The summed E-state index contributed by atoms with van der Waals surface area (Å²) in [4.78, 5) is 5.36. The maximum atomic E-state index is 5.28. The van der Waals surface area contributed by atoms with Crippen molar-refractivity contribution in [2.45, 2.75) is 19.5 Å². The third-order valence-electron chi connectivity index (χ3n) is 2.55. The summed E-state index contributed by atoms with van der Waals surface area (Å²) in [5, 5.41) is 5.40. The Bertz CT molecular complexity index is 480. The molecule has 1 atom stereocenters. The molecule has 0 spiro atoms. The third kappa shape index (κ3) is 2.59. The van der Waals surface area contributed by atoms with Gasteiger partial charge in [-0.25, -0.2) is 0 Å². The number of nitrogens with one attached hydrogen (secondary N) is 1. The van der Waals surface area contributed by atoms with E-state index in [9.17, 15) is 0 Å². The van der Waals surface area contributed by atoms with Gasteiger partial charge in [-0.1, -0.05) is 0 Å². The molecule has 2 rings (SSSR count). The first kappa shape index (κ1) is 12.3. The molecule has 2 heterocycles. The number of thiazole rings is 1. The van der Waals surface area contributed by atoms with Crippen LogP contribution in [0.25, 0.3) is 4.96 Å². The molecule has 1 N–H and O–H groups in total. The van der Waals surface area contributed by atoms with E-state index < -0.39 is 0 Å². The standard InChI is InChI=1S/C11H17N3O2S/c1-8(7-15-2)12-6-9-10(16-3)13-11-14(9)4-5-17-11/h4-5,8,12H,6-7H2,1-3H3. The molecule has 0 amide bonds. The maximum absolute atomic E-state index is 5.28. The van der Waals surface area contributed by atoms with E-state index in [0.717, 1.165) is 10.7 Å². The first-order valence-electron chi connectivity index (χ1n) is 5.47. The third-order valence-corrected chi connectivity index (χ3v) is 3.31. The minimum Gasteiger partial charge on any atom is -0.480 e. The van der Waals surface area contributed by atoms with Gasteiger partial charge >= 0.3 is 0 Å². The van der Waals surface area contributed by atoms with Gasteiger partial charge in [-0.2, -0.15) is 4.98 Å². The zero-order valence-corrected chi connectivity index (χ0v) is 11.1. The Morgan fingerprint density at radius 2 is 2.35 bits per heavy atom. The summed E-state index contributed by atoms with van der Waals surface area (Å²) in [6, 6.07) is 0.300. The van der Waals surface area contributed by atoms with E-state index >= 15 is 0 Å².